The first-order valence-electron chi connectivity index (χ1n) is 10.6. The molecule has 0 amide bonds. The lowest BCUT2D eigenvalue weighted by Gasteiger charge is -2.27. The average molecular weight is 459 g/mol. The van der Waals surface area contributed by atoms with Crippen molar-refractivity contribution in [2.45, 2.75) is 32.4 Å². The number of quaternary nitrogens is 1. The Morgan fingerprint density at radius 3 is 2.41 bits per heavy atom. The summed E-state index contributed by atoms with van der Waals surface area (Å²) in [4.78, 5) is 13.7. The zero-order valence-electron chi connectivity index (χ0n) is 18.3. The van der Waals surface area contributed by atoms with Gasteiger partial charge in [0.05, 0.1) is 31.9 Å². The van der Waals surface area contributed by atoms with E-state index in [1.807, 2.05) is 18.2 Å². The highest BCUT2D eigenvalue weighted by atomic mass is 35.5. The molecule has 1 N–H and O–H groups in total. The molecule has 2 heterocycles. The Labute approximate surface area is 190 Å². The van der Waals surface area contributed by atoms with Gasteiger partial charge in [0, 0.05) is 16.5 Å². The van der Waals surface area contributed by atoms with Crippen molar-refractivity contribution in [2.24, 2.45) is 0 Å². The summed E-state index contributed by atoms with van der Waals surface area (Å²) < 4.78 is 28.2. The van der Waals surface area contributed by atoms with Gasteiger partial charge < -0.3 is 23.4 Å². The second kappa shape index (κ2) is 8.22. The molecule has 0 fully saturated rings. The number of hydrogen-bond acceptors (Lipinski definition) is 6. The van der Waals surface area contributed by atoms with E-state index < -0.39 is 0 Å². The van der Waals surface area contributed by atoms with Gasteiger partial charge in [0.15, 0.2) is 22.8 Å². The monoisotopic (exact) mass is 458 g/mol. The quantitative estimate of drug-likeness (QED) is 0.593. The van der Waals surface area contributed by atoms with Crippen LogP contribution >= 0.6 is 11.6 Å². The first-order valence-corrected chi connectivity index (χ1v) is 11.0. The summed E-state index contributed by atoms with van der Waals surface area (Å²) in [7, 11) is 4.78. The molecule has 0 saturated heterocycles. The van der Waals surface area contributed by atoms with Crippen molar-refractivity contribution in [3.63, 3.8) is 0 Å². The Balaban J connectivity index is 1.53. The Bertz CT molecular complexity index is 1240. The summed E-state index contributed by atoms with van der Waals surface area (Å²) in [5, 5.41) is 1.49. The number of benzene rings is 2. The fourth-order valence-electron chi connectivity index (χ4n) is 4.86. The van der Waals surface area contributed by atoms with E-state index in [1.54, 1.807) is 21.3 Å². The van der Waals surface area contributed by atoms with Gasteiger partial charge in [-0.15, -0.1) is 0 Å². The number of aryl methyl sites for hydroxylation is 1. The van der Waals surface area contributed by atoms with Crippen LogP contribution in [-0.4, -0.2) is 28.1 Å². The molecular formula is C24H25ClNO6+. The maximum atomic E-state index is 12.6. The van der Waals surface area contributed by atoms with E-state index in [-0.39, 0.29) is 5.63 Å². The minimum atomic E-state index is -0.244. The third-order valence-electron chi connectivity index (χ3n) is 6.29. The van der Waals surface area contributed by atoms with Gasteiger partial charge >= 0.3 is 5.63 Å². The molecular weight excluding hydrogens is 434 g/mol. The van der Waals surface area contributed by atoms with Gasteiger partial charge in [0.1, 0.15) is 13.1 Å². The van der Waals surface area contributed by atoms with E-state index in [0.717, 1.165) is 51.8 Å². The standard InChI is InChI=1S/C24H24ClNO6/c1-28-19-7-13(8-20(29-2)23(19)30-3)10-26-11-17-21-16(9-18(25)22(17)31-12-26)14-5-4-6-15(14)24(27)32-21/h7-9H,4-6,10-12H2,1-3H3/p+1. The second-order valence-electron chi connectivity index (χ2n) is 8.17. The van der Waals surface area contributed by atoms with E-state index >= 15 is 0 Å². The molecule has 1 aliphatic heterocycles. The third kappa shape index (κ3) is 3.36. The molecule has 0 spiro atoms. The van der Waals surface area contributed by atoms with Crippen molar-refractivity contribution in [3.05, 3.63) is 55.9 Å². The van der Waals surface area contributed by atoms with Gasteiger partial charge in [-0.3, -0.25) is 4.90 Å². The van der Waals surface area contributed by atoms with Crippen molar-refractivity contribution >= 4 is 22.6 Å². The predicted molar refractivity (Wildman–Crippen MR) is 119 cm³/mol. The summed E-state index contributed by atoms with van der Waals surface area (Å²) in [6.07, 6.45) is 2.59. The molecule has 1 atom stereocenters. The normalized spacial score (nSPS) is 16.9. The lowest BCUT2D eigenvalue weighted by atomic mass is 10.0. The predicted octanol–water partition coefficient (Wildman–Crippen LogP) is 2.90. The Kier molecular flexibility index (Phi) is 5.39. The number of halogens is 1. The third-order valence-corrected chi connectivity index (χ3v) is 6.57. The van der Waals surface area contributed by atoms with Crippen molar-refractivity contribution < 1.29 is 28.3 Å². The van der Waals surface area contributed by atoms with Gasteiger partial charge in [0.2, 0.25) is 12.5 Å². The van der Waals surface area contributed by atoms with E-state index in [4.69, 9.17) is 35.0 Å². The highest BCUT2D eigenvalue weighted by molar-refractivity contribution is 6.33. The topological polar surface area (TPSA) is 71.6 Å². The van der Waals surface area contributed by atoms with Crippen LogP contribution in [-0.2, 0) is 25.9 Å². The number of nitrogens with one attached hydrogen (secondary N) is 1. The van der Waals surface area contributed by atoms with Gasteiger partial charge in [-0.05, 0) is 43.0 Å². The van der Waals surface area contributed by atoms with Crippen molar-refractivity contribution in [1.29, 1.82) is 0 Å². The molecule has 5 rings (SSSR count). The molecule has 0 radical (unpaired) electrons. The second-order valence-corrected chi connectivity index (χ2v) is 8.58. The van der Waals surface area contributed by atoms with Gasteiger partial charge in [0.25, 0.3) is 0 Å². The molecule has 168 valence electrons. The maximum absolute atomic E-state index is 12.6. The molecule has 1 unspecified atom stereocenters. The molecule has 8 heteroatoms. The molecule has 3 aromatic rings. The molecule has 0 bridgehead atoms. The number of fused-ring (bicyclic) bond motifs is 5. The van der Waals surface area contributed by atoms with E-state index in [2.05, 4.69) is 0 Å². The van der Waals surface area contributed by atoms with Crippen LogP contribution in [0.3, 0.4) is 0 Å². The fraction of sp³-hybridized carbons (Fsp3) is 0.375. The van der Waals surface area contributed by atoms with E-state index in [0.29, 0.717) is 53.4 Å². The maximum Gasteiger partial charge on any atom is 0.339 e. The summed E-state index contributed by atoms with van der Waals surface area (Å²) in [5.74, 6) is 2.38. The average Bonchev–Trinajstić information content (AvgIpc) is 3.30. The number of rotatable bonds is 5. The molecule has 0 saturated carbocycles. The summed E-state index contributed by atoms with van der Waals surface area (Å²) >= 11 is 6.58. The summed E-state index contributed by atoms with van der Waals surface area (Å²) in [6.45, 7) is 1.70. The zero-order chi connectivity index (χ0) is 22.4. The fourth-order valence-corrected chi connectivity index (χ4v) is 5.14. The zero-order valence-corrected chi connectivity index (χ0v) is 19.1. The molecule has 2 aliphatic rings. The first-order chi connectivity index (χ1) is 15.5. The van der Waals surface area contributed by atoms with Crippen LogP contribution in [0.25, 0.3) is 11.0 Å². The Morgan fingerprint density at radius 1 is 1.00 bits per heavy atom. The molecule has 2 aromatic carbocycles. The number of ether oxygens (including phenoxy) is 4. The minimum absolute atomic E-state index is 0.244. The first kappa shape index (κ1) is 21.0. The largest absolute Gasteiger partial charge is 0.493 e. The van der Waals surface area contributed by atoms with Crippen molar-refractivity contribution in [2.75, 3.05) is 28.1 Å². The Morgan fingerprint density at radius 2 is 1.72 bits per heavy atom. The van der Waals surface area contributed by atoms with Gasteiger partial charge in [-0.2, -0.15) is 0 Å². The highest BCUT2D eigenvalue weighted by Crippen LogP contribution is 2.40. The minimum Gasteiger partial charge on any atom is -0.493 e. The van der Waals surface area contributed by atoms with Crippen LogP contribution in [0.5, 0.6) is 23.0 Å². The molecule has 1 aliphatic carbocycles. The van der Waals surface area contributed by atoms with Crippen molar-refractivity contribution in [3.8, 4) is 23.0 Å². The molecule has 1 aromatic heterocycles. The number of hydrogen-bond donors (Lipinski definition) is 1. The lowest BCUT2D eigenvalue weighted by molar-refractivity contribution is -0.945. The SMILES string of the molecule is COc1cc(C[NH+]2COc3c(Cl)cc4c5c(c(=O)oc4c3C2)CCC5)cc(OC)c1OC. The Hall–Kier alpha value is -2.90. The van der Waals surface area contributed by atoms with E-state index in [1.165, 1.54) is 0 Å². The molecule has 7 nitrogen and oxygen atoms in total. The summed E-state index contributed by atoms with van der Waals surface area (Å²) in [6, 6.07) is 5.76. The van der Waals surface area contributed by atoms with Gasteiger partial charge in [-0.25, -0.2) is 4.79 Å². The van der Waals surface area contributed by atoms with Crippen LogP contribution in [0.2, 0.25) is 5.02 Å². The van der Waals surface area contributed by atoms with Crippen LogP contribution in [0.1, 0.15) is 28.7 Å². The smallest absolute Gasteiger partial charge is 0.339 e. The lowest BCUT2D eigenvalue weighted by Crippen LogP contribution is -3.10. The number of methoxy groups -OCH3 is 3. The summed E-state index contributed by atoms with van der Waals surface area (Å²) in [5.41, 5.74) is 4.05. The molecule has 32 heavy (non-hydrogen) atoms. The van der Waals surface area contributed by atoms with Crippen LogP contribution in [0.15, 0.2) is 27.4 Å². The highest BCUT2D eigenvalue weighted by Gasteiger charge is 2.30. The van der Waals surface area contributed by atoms with Gasteiger partial charge in [-0.1, -0.05) is 11.6 Å². The van der Waals surface area contributed by atoms with Crippen LogP contribution < -0.4 is 29.5 Å². The van der Waals surface area contributed by atoms with Crippen LogP contribution in [0, 0.1) is 0 Å². The van der Waals surface area contributed by atoms with E-state index in [9.17, 15) is 4.79 Å². The van der Waals surface area contributed by atoms with Crippen LogP contribution in [0.4, 0.5) is 0 Å². The van der Waals surface area contributed by atoms with Crippen molar-refractivity contribution in [1.82, 2.24) is 0 Å².